The van der Waals surface area contributed by atoms with E-state index in [1.165, 1.54) is 6.07 Å². The molecule has 0 saturated heterocycles. The lowest BCUT2D eigenvalue weighted by atomic mass is 10.1. The summed E-state index contributed by atoms with van der Waals surface area (Å²) >= 11 is 0. The Bertz CT molecular complexity index is 652. The fourth-order valence-electron chi connectivity index (χ4n) is 1.62. The Hall–Kier alpha value is -2.18. The molecule has 0 aliphatic rings. The van der Waals surface area contributed by atoms with Crippen molar-refractivity contribution in [1.82, 2.24) is 4.98 Å². The number of alkyl halides is 3. The van der Waals surface area contributed by atoms with Crippen molar-refractivity contribution in [2.45, 2.75) is 6.18 Å². The van der Waals surface area contributed by atoms with Gasteiger partial charge in [0, 0.05) is 5.39 Å². The smallest absolute Gasteiger partial charge is 0.433 e. The number of nitrogens with zero attached hydrogens (tertiary/aromatic N) is 1. The van der Waals surface area contributed by atoms with Gasteiger partial charge in [0.2, 0.25) is 0 Å². The number of fused-ring (bicyclic) bond motifs is 1. The fraction of sp³-hybridized carbons (Fsp3) is 0.167. The Kier molecular flexibility index (Phi) is 3.13. The van der Waals surface area contributed by atoms with Crippen molar-refractivity contribution in [3.63, 3.8) is 0 Å². The lowest BCUT2D eigenvalue weighted by Gasteiger charge is -2.09. The van der Waals surface area contributed by atoms with Crippen LogP contribution in [0.25, 0.3) is 10.9 Å². The molecule has 0 aliphatic carbocycles. The SMILES string of the molecule is COC(=O)c1c(F)ccc2ccc(C(F)(F)F)nc12. The van der Waals surface area contributed by atoms with Crippen LogP contribution in [-0.2, 0) is 10.9 Å². The summed E-state index contributed by atoms with van der Waals surface area (Å²) in [6.45, 7) is 0. The molecule has 2 rings (SSSR count). The first-order valence-electron chi connectivity index (χ1n) is 5.09. The topological polar surface area (TPSA) is 39.2 Å². The first-order valence-corrected chi connectivity index (χ1v) is 5.09. The Balaban J connectivity index is 2.78. The molecule has 100 valence electrons. The third kappa shape index (κ3) is 2.35. The van der Waals surface area contributed by atoms with Crippen LogP contribution < -0.4 is 0 Å². The average molecular weight is 273 g/mol. The van der Waals surface area contributed by atoms with Crippen LogP contribution in [-0.4, -0.2) is 18.1 Å². The molecule has 0 unspecified atom stereocenters. The monoisotopic (exact) mass is 273 g/mol. The maximum atomic E-state index is 13.6. The molecule has 0 fully saturated rings. The molecule has 2 aromatic rings. The highest BCUT2D eigenvalue weighted by Crippen LogP contribution is 2.30. The molecule has 0 radical (unpaired) electrons. The van der Waals surface area contributed by atoms with E-state index in [0.29, 0.717) is 0 Å². The predicted molar refractivity (Wildman–Crippen MR) is 58.0 cm³/mol. The van der Waals surface area contributed by atoms with Gasteiger partial charge >= 0.3 is 12.1 Å². The molecule has 0 spiro atoms. The number of ether oxygens (including phenoxy) is 1. The highest BCUT2D eigenvalue weighted by Gasteiger charge is 2.33. The molecule has 7 heteroatoms. The number of benzene rings is 1. The molecule has 0 saturated carbocycles. The second kappa shape index (κ2) is 4.49. The van der Waals surface area contributed by atoms with Gasteiger partial charge in [-0.3, -0.25) is 0 Å². The molecule has 0 atom stereocenters. The Morgan fingerprint density at radius 1 is 1.21 bits per heavy atom. The first kappa shape index (κ1) is 13.3. The highest BCUT2D eigenvalue weighted by atomic mass is 19.4. The van der Waals surface area contributed by atoms with E-state index >= 15 is 0 Å². The van der Waals surface area contributed by atoms with Crippen molar-refractivity contribution in [2.24, 2.45) is 0 Å². The zero-order valence-electron chi connectivity index (χ0n) is 9.58. The molecule has 3 nitrogen and oxygen atoms in total. The number of carbonyl (C=O) groups excluding carboxylic acids is 1. The summed E-state index contributed by atoms with van der Waals surface area (Å²) in [5.74, 6) is -2.05. The normalized spacial score (nSPS) is 11.6. The van der Waals surface area contributed by atoms with E-state index in [0.717, 1.165) is 25.3 Å². The van der Waals surface area contributed by atoms with Gasteiger partial charge in [-0.1, -0.05) is 6.07 Å². The summed E-state index contributed by atoms with van der Waals surface area (Å²) < 4.78 is 55.6. The average Bonchev–Trinajstić information content (AvgIpc) is 2.36. The van der Waals surface area contributed by atoms with Gasteiger partial charge in [-0.25, -0.2) is 14.2 Å². The Morgan fingerprint density at radius 3 is 2.42 bits per heavy atom. The van der Waals surface area contributed by atoms with Crippen molar-refractivity contribution in [1.29, 1.82) is 0 Å². The van der Waals surface area contributed by atoms with Crippen LogP contribution in [0.1, 0.15) is 16.1 Å². The molecule has 1 aromatic heterocycles. The minimum absolute atomic E-state index is 0.217. The number of aromatic nitrogens is 1. The van der Waals surface area contributed by atoms with Gasteiger partial charge in [0.05, 0.1) is 12.6 Å². The van der Waals surface area contributed by atoms with E-state index < -0.39 is 29.2 Å². The Morgan fingerprint density at radius 2 is 1.84 bits per heavy atom. The van der Waals surface area contributed by atoms with Crippen LogP contribution in [0.5, 0.6) is 0 Å². The second-order valence-corrected chi connectivity index (χ2v) is 3.68. The summed E-state index contributed by atoms with van der Waals surface area (Å²) in [6, 6.07) is 4.10. The van der Waals surface area contributed by atoms with Crippen molar-refractivity contribution >= 4 is 16.9 Å². The molecule has 1 aromatic carbocycles. The number of pyridine rings is 1. The number of carbonyl (C=O) groups is 1. The number of halogens is 4. The van der Waals surface area contributed by atoms with E-state index in [1.807, 2.05) is 0 Å². The van der Waals surface area contributed by atoms with E-state index in [1.54, 1.807) is 0 Å². The quantitative estimate of drug-likeness (QED) is 0.591. The number of hydrogen-bond acceptors (Lipinski definition) is 3. The van der Waals surface area contributed by atoms with Gasteiger partial charge < -0.3 is 4.74 Å². The zero-order valence-corrected chi connectivity index (χ0v) is 9.58. The van der Waals surface area contributed by atoms with Gasteiger partial charge in [0.1, 0.15) is 17.1 Å². The molecule has 19 heavy (non-hydrogen) atoms. The summed E-state index contributed by atoms with van der Waals surface area (Å²) in [5, 5.41) is 0.217. The molecular formula is C12H7F4NO2. The summed E-state index contributed by atoms with van der Waals surface area (Å²) in [4.78, 5) is 14.7. The van der Waals surface area contributed by atoms with Crippen molar-refractivity contribution < 1.29 is 27.1 Å². The largest absolute Gasteiger partial charge is 0.465 e. The van der Waals surface area contributed by atoms with Crippen LogP contribution in [0.4, 0.5) is 17.6 Å². The molecule has 0 amide bonds. The van der Waals surface area contributed by atoms with E-state index in [2.05, 4.69) is 9.72 Å². The van der Waals surface area contributed by atoms with Gasteiger partial charge in [0.25, 0.3) is 0 Å². The van der Waals surface area contributed by atoms with Gasteiger partial charge in [-0.2, -0.15) is 13.2 Å². The van der Waals surface area contributed by atoms with Crippen molar-refractivity contribution in [2.75, 3.05) is 7.11 Å². The fourth-order valence-corrected chi connectivity index (χ4v) is 1.62. The van der Waals surface area contributed by atoms with Crippen molar-refractivity contribution in [3.05, 3.63) is 41.3 Å². The summed E-state index contributed by atoms with van der Waals surface area (Å²) in [5.41, 5.74) is -2.18. The minimum atomic E-state index is -4.67. The number of methoxy groups -OCH3 is 1. The van der Waals surface area contributed by atoms with Crippen LogP contribution in [0, 0.1) is 5.82 Å². The maximum Gasteiger partial charge on any atom is 0.433 e. The predicted octanol–water partition coefficient (Wildman–Crippen LogP) is 3.18. The second-order valence-electron chi connectivity index (χ2n) is 3.68. The standard InChI is InChI=1S/C12H7F4NO2/c1-19-11(18)9-7(13)4-2-6-3-5-8(12(14,15)16)17-10(6)9/h2-5H,1H3. The summed E-state index contributed by atoms with van der Waals surface area (Å²) in [7, 11) is 1.01. The highest BCUT2D eigenvalue weighted by molar-refractivity contribution is 6.02. The number of rotatable bonds is 1. The van der Waals surface area contributed by atoms with Gasteiger partial charge in [-0.05, 0) is 18.2 Å². The number of esters is 1. The first-order chi connectivity index (χ1) is 8.84. The summed E-state index contributed by atoms with van der Waals surface area (Å²) in [6.07, 6.45) is -4.67. The van der Waals surface area contributed by atoms with Crippen LogP contribution in [0.2, 0.25) is 0 Å². The van der Waals surface area contributed by atoms with Gasteiger partial charge in [-0.15, -0.1) is 0 Å². The number of hydrogen-bond donors (Lipinski definition) is 0. The lowest BCUT2D eigenvalue weighted by Crippen LogP contribution is -2.11. The van der Waals surface area contributed by atoms with E-state index in [9.17, 15) is 22.4 Å². The molecule has 1 heterocycles. The molecule has 0 N–H and O–H groups in total. The van der Waals surface area contributed by atoms with Crippen LogP contribution in [0.15, 0.2) is 24.3 Å². The lowest BCUT2D eigenvalue weighted by molar-refractivity contribution is -0.140. The zero-order chi connectivity index (χ0) is 14.2. The third-order valence-corrected chi connectivity index (χ3v) is 2.49. The van der Waals surface area contributed by atoms with Crippen molar-refractivity contribution in [3.8, 4) is 0 Å². The van der Waals surface area contributed by atoms with Gasteiger partial charge in [0.15, 0.2) is 0 Å². The van der Waals surface area contributed by atoms with E-state index in [4.69, 9.17) is 0 Å². The third-order valence-electron chi connectivity index (χ3n) is 2.49. The molecular weight excluding hydrogens is 266 g/mol. The minimum Gasteiger partial charge on any atom is -0.465 e. The maximum absolute atomic E-state index is 13.6. The van der Waals surface area contributed by atoms with Crippen LogP contribution >= 0.6 is 0 Å². The Labute approximate surface area is 104 Å². The van der Waals surface area contributed by atoms with E-state index in [-0.39, 0.29) is 10.9 Å². The molecule has 0 aliphatic heterocycles. The van der Waals surface area contributed by atoms with Crippen LogP contribution in [0.3, 0.4) is 0 Å². The molecule has 0 bridgehead atoms.